The van der Waals surface area contributed by atoms with Crippen LogP contribution in [-0.2, 0) is 0 Å². The summed E-state index contributed by atoms with van der Waals surface area (Å²) in [5.74, 6) is 0. The number of hydrogen-bond acceptors (Lipinski definition) is 2. The zero-order chi connectivity index (χ0) is 10.4. The Bertz CT molecular complexity index is 309. The molecule has 0 bridgehead atoms. The fraction of sp³-hybridized carbons (Fsp3) is 0.364. The van der Waals surface area contributed by atoms with E-state index in [4.69, 9.17) is 5.26 Å². The van der Waals surface area contributed by atoms with Crippen molar-refractivity contribution in [2.45, 2.75) is 13.8 Å². The van der Waals surface area contributed by atoms with Gasteiger partial charge in [-0.05, 0) is 0 Å². The van der Waals surface area contributed by atoms with E-state index in [1.54, 1.807) is 0 Å². The SMILES string of the molecule is CCN(CC)c1ccc([Se]C#N)cc1. The van der Waals surface area contributed by atoms with Gasteiger partial charge < -0.3 is 0 Å². The number of hydrogen-bond donors (Lipinski definition) is 0. The average Bonchev–Trinajstić information content (AvgIpc) is 2.23. The van der Waals surface area contributed by atoms with Gasteiger partial charge in [0.1, 0.15) is 0 Å². The average molecular weight is 253 g/mol. The number of benzene rings is 1. The van der Waals surface area contributed by atoms with Crippen molar-refractivity contribution in [1.29, 1.82) is 5.26 Å². The molecule has 1 aromatic carbocycles. The summed E-state index contributed by atoms with van der Waals surface area (Å²) in [6, 6.07) is 8.30. The molecule has 1 aromatic rings. The summed E-state index contributed by atoms with van der Waals surface area (Å²) >= 11 is -0.0260. The second-order valence-electron chi connectivity index (χ2n) is 2.86. The van der Waals surface area contributed by atoms with Crippen LogP contribution >= 0.6 is 0 Å². The van der Waals surface area contributed by atoms with E-state index in [1.165, 1.54) is 5.69 Å². The van der Waals surface area contributed by atoms with Gasteiger partial charge in [0, 0.05) is 0 Å². The van der Waals surface area contributed by atoms with Gasteiger partial charge in [0.05, 0.1) is 0 Å². The van der Waals surface area contributed by atoms with Crippen molar-refractivity contribution in [2.24, 2.45) is 0 Å². The summed E-state index contributed by atoms with van der Waals surface area (Å²) in [7, 11) is 0. The Hall–Kier alpha value is -0.971. The van der Waals surface area contributed by atoms with Crippen LogP contribution in [0.2, 0.25) is 0 Å². The van der Waals surface area contributed by atoms with E-state index >= 15 is 0 Å². The van der Waals surface area contributed by atoms with E-state index < -0.39 is 0 Å². The van der Waals surface area contributed by atoms with Crippen LogP contribution in [0.5, 0.6) is 0 Å². The number of rotatable bonds is 4. The Balaban J connectivity index is 2.77. The summed E-state index contributed by atoms with van der Waals surface area (Å²) in [5.41, 5.74) is 1.24. The maximum atomic E-state index is 8.56. The second kappa shape index (κ2) is 5.70. The summed E-state index contributed by atoms with van der Waals surface area (Å²) in [6.07, 6.45) is 0. The van der Waals surface area contributed by atoms with Crippen LogP contribution in [0.15, 0.2) is 24.3 Å². The first-order valence-corrected chi connectivity index (χ1v) is 6.44. The molecule has 0 spiro atoms. The summed E-state index contributed by atoms with van der Waals surface area (Å²) in [4.78, 5) is 4.50. The zero-order valence-corrected chi connectivity index (χ0v) is 10.2. The quantitative estimate of drug-likeness (QED) is 0.757. The first kappa shape index (κ1) is 11.1. The molecule has 0 saturated carbocycles. The van der Waals surface area contributed by atoms with Crippen LogP contribution in [-0.4, -0.2) is 28.0 Å². The Morgan fingerprint density at radius 2 is 1.79 bits per heavy atom. The molecule has 0 aromatic heterocycles. The van der Waals surface area contributed by atoms with Gasteiger partial charge in [0.15, 0.2) is 0 Å². The van der Waals surface area contributed by atoms with Crippen LogP contribution in [0.4, 0.5) is 5.69 Å². The van der Waals surface area contributed by atoms with Crippen molar-refractivity contribution in [1.82, 2.24) is 0 Å². The van der Waals surface area contributed by atoms with Gasteiger partial charge in [-0.15, -0.1) is 0 Å². The third kappa shape index (κ3) is 2.77. The Labute approximate surface area is 91.7 Å². The molecule has 2 nitrogen and oxygen atoms in total. The van der Waals surface area contributed by atoms with Crippen LogP contribution in [0.3, 0.4) is 0 Å². The monoisotopic (exact) mass is 254 g/mol. The zero-order valence-electron chi connectivity index (χ0n) is 8.53. The van der Waals surface area contributed by atoms with E-state index in [2.05, 4.69) is 48.0 Å². The first-order valence-electron chi connectivity index (χ1n) is 4.72. The number of nitriles is 1. The van der Waals surface area contributed by atoms with Gasteiger partial charge in [0.25, 0.3) is 0 Å². The molecule has 0 N–H and O–H groups in total. The van der Waals surface area contributed by atoms with E-state index in [1.807, 2.05) is 0 Å². The Morgan fingerprint density at radius 1 is 1.21 bits per heavy atom. The van der Waals surface area contributed by atoms with Gasteiger partial charge in [-0.3, -0.25) is 0 Å². The van der Waals surface area contributed by atoms with Crippen LogP contribution in [0.25, 0.3) is 0 Å². The predicted molar refractivity (Wildman–Crippen MR) is 61.0 cm³/mol. The maximum absolute atomic E-state index is 8.56. The van der Waals surface area contributed by atoms with Crippen molar-refractivity contribution >= 4 is 25.1 Å². The molecule has 0 aliphatic rings. The molecule has 0 radical (unpaired) electrons. The number of nitrogens with zero attached hydrogens (tertiary/aromatic N) is 2. The standard InChI is InChI=1S/C11H14N2Se/c1-3-13(4-2)10-5-7-11(8-6-10)14-9-12/h5-8H,3-4H2,1-2H3. The molecule has 0 aliphatic carbocycles. The fourth-order valence-corrected chi connectivity index (χ4v) is 2.16. The Kier molecular flexibility index (Phi) is 4.52. The minimum absolute atomic E-state index is 0.0260. The molecule has 14 heavy (non-hydrogen) atoms. The van der Waals surface area contributed by atoms with Crippen molar-refractivity contribution in [3.8, 4) is 4.97 Å². The molecule has 0 aliphatic heterocycles. The van der Waals surface area contributed by atoms with Crippen LogP contribution < -0.4 is 9.36 Å². The molecule has 74 valence electrons. The summed E-state index contributed by atoms with van der Waals surface area (Å²) in [6.45, 7) is 6.35. The molecule has 0 unspecified atom stereocenters. The van der Waals surface area contributed by atoms with Gasteiger partial charge in [-0.2, -0.15) is 0 Å². The van der Waals surface area contributed by atoms with Crippen LogP contribution in [0, 0.1) is 10.2 Å². The van der Waals surface area contributed by atoms with E-state index in [0.717, 1.165) is 17.6 Å². The molecule has 0 amide bonds. The van der Waals surface area contributed by atoms with E-state index in [-0.39, 0.29) is 15.0 Å². The molecular weight excluding hydrogens is 239 g/mol. The normalized spacial score (nSPS) is 9.50. The van der Waals surface area contributed by atoms with Crippen molar-refractivity contribution in [3.63, 3.8) is 0 Å². The third-order valence-corrected chi connectivity index (χ3v) is 3.39. The van der Waals surface area contributed by atoms with Crippen molar-refractivity contribution in [2.75, 3.05) is 18.0 Å². The molecule has 0 saturated heterocycles. The van der Waals surface area contributed by atoms with Crippen molar-refractivity contribution in [3.05, 3.63) is 24.3 Å². The predicted octanol–water partition coefficient (Wildman–Crippen LogP) is 1.34. The fourth-order valence-electron chi connectivity index (χ4n) is 1.37. The Morgan fingerprint density at radius 3 is 2.21 bits per heavy atom. The number of anilines is 1. The summed E-state index contributed by atoms with van der Waals surface area (Å²) < 4.78 is 1.15. The van der Waals surface area contributed by atoms with Gasteiger partial charge in [-0.1, -0.05) is 0 Å². The molecule has 1 rings (SSSR count). The molecule has 0 heterocycles. The van der Waals surface area contributed by atoms with Gasteiger partial charge in [0.2, 0.25) is 0 Å². The third-order valence-electron chi connectivity index (χ3n) is 2.13. The second-order valence-corrected chi connectivity index (χ2v) is 4.66. The molecule has 0 fully saturated rings. The van der Waals surface area contributed by atoms with E-state index in [9.17, 15) is 0 Å². The van der Waals surface area contributed by atoms with Gasteiger partial charge in [-0.25, -0.2) is 0 Å². The molecule has 3 heteroatoms. The van der Waals surface area contributed by atoms with Gasteiger partial charge >= 0.3 is 91.4 Å². The molecule has 0 atom stereocenters. The van der Waals surface area contributed by atoms with Crippen molar-refractivity contribution < 1.29 is 0 Å². The summed E-state index contributed by atoms with van der Waals surface area (Å²) in [5, 5.41) is 8.56. The van der Waals surface area contributed by atoms with Crippen LogP contribution in [0.1, 0.15) is 13.8 Å². The minimum atomic E-state index is -0.0260. The topological polar surface area (TPSA) is 27.0 Å². The molecular formula is C11H14N2Se. The first-order chi connectivity index (χ1) is 6.81. The van der Waals surface area contributed by atoms with E-state index in [0.29, 0.717) is 0 Å².